The molecule has 0 amide bonds. The molecule has 0 aliphatic rings. The molecule has 0 spiro atoms. The zero-order valence-electron chi connectivity index (χ0n) is 10.0. The van der Waals surface area contributed by atoms with Crippen molar-refractivity contribution in [3.05, 3.63) is 57.5 Å². The molecule has 2 aromatic carbocycles. The van der Waals surface area contributed by atoms with Gasteiger partial charge in [0.05, 0.1) is 9.92 Å². The summed E-state index contributed by atoms with van der Waals surface area (Å²) in [6, 6.07) is 11.6. The molecule has 0 bridgehead atoms. The summed E-state index contributed by atoms with van der Waals surface area (Å²) in [6.07, 6.45) is 0. The van der Waals surface area contributed by atoms with E-state index >= 15 is 0 Å². The van der Waals surface area contributed by atoms with E-state index in [-0.39, 0.29) is 4.90 Å². The van der Waals surface area contributed by atoms with Crippen LogP contribution in [0.2, 0.25) is 5.02 Å². The summed E-state index contributed by atoms with van der Waals surface area (Å²) in [6.45, 7) is 1.90. The van der Waals surface area contributed by atoms with Gasteiger partial charge in [-0.3, -0.25) is 4.72 Å². The molecule has 0 aromatic heterocycles. The van der Waals surface area contributed by atoms with E-state index in [1.54, 1.807) is 18.2 Å². The van der Waals surface area contributed by atoms with Crippen LogP contribution in [-0.4, -0.2) is 8.42 Å². The molecule has 6 heteroatoms. The Bertz CT molecular complexity index is 716. The molecule has 3 nitrogen and oxygen atoms in total. The molecule has 0 unspecified atom stereocenters. The Morgan fingerprint density at radius 1 is 1.16 bits per heavy atom. The fourth-order valence-corrected chi connectivity index (χ4v) is 3.29. The van der Waals surface area contributed by atoms with Gasteiger partial charge >= 0.3 is 0 Å². The second-order valence-corrected chi connectivity index (χ2v) is 6.99. The minimum atomic E-state index is -3.61. The van der Waals surface area contributed by atoms with E-state index in [2.05, 4.69) is 20.7 Å². The maximum absolute atomic E-state index is 12.2. The highest BCUT2D eigenvalue weighted by atomic mass is 79.9. The Balaban J connectivity index is 2.35. The normalized spacial score (nSPS) is 11.3. The smallest absolute Gasteiger partial charge is 0.261 e. The van der Waals surface area contributed by atoms with Gasteiger partial charge in [0, 0.05) is 10.2 Å². The Kier molecular flexibility index (Phi) is 4.18. The monoisotopic (exact) mass is 359 g/mol. The van der Waals surface area contributed by atoms with Crippen molar-refractivity contribution in [1.29, 1.82) is 0 Å². The molecule has 0 heterocycles. The minimum Gasteiger partial charge on any atom is -0.280 e. The van der Waals surface area contributed by atoms with Gasteiger partial charge in [-0.05, 0) is 58.7 Å². The van der Waals surface area contributed by atoms with Crippen LogP contribution in [0.15, 0.2) is 51.8 Å². The zero-order chi connectivity index (χ0) is 14.0. The van der Waals surface area contributed by atoms with Crippen molar-refractivity contribution in [2.75, 3.05) is 4.72 Å². The molecule has 0 aliphatic heterocycles. The number of halogens is 2. The second-order valence-electron chi connectivity index (χ2n) is 4.05. The van der Waals surface area contributed by atoms with Gasteiger partial charge in [-0.15, -0.1) is 0 Å². The van der Waals surface area contributed by atoms with Crippen LogP contribution in [0.1, 0.15) is 5.56 Å². The van der Waals surface area contributed by atoms with Crippen molar-refractivity contribution >= 4 is 43.2 Å². The first-order valence-electron chi connectivity index (χ1n) is 5.43. The van der Waals surface area contributed by atoms with Crippen molar-refractivity contribution in [3.63, 3.8) is 0 Å². The maximum atomic E-state index is 12.2. The number of nitrogens with one attached hydrogen (secondary N) is 1. The van der Waals surface area contributed by atoms with Gasteiger partial charge < -0.3 is 0 Å². The van der Waals surface area contributed by atoms with Crippen molar-refractivity contribution in [2.24, 2.45) is 0 Å². The molecular formula is C13H11BrClNO2S. The van der Waals surface area contributed by atoms with Crippen molar-refractivity contribution in [3.8, 4) is 0 Å². The lowest BCUT2D eigenvalue weighted by atomic mass is 10.2. The van der Waals surface area contributed by atoms with Crippen LogP contribution in [0.5, 0.6) is 0 Å². The van der Waals surface area contributed by atoms with Crippen LogP contribution in [-0.2, 0) is 10.0 Å². The standard InChI is InChI=1S/C13H11BrClNO2S/c1-9-3-2-4-10(7-9)16-19(17,18)11-5-6-13(15)12(14)8-11/h2-8,16H,1H3. The van der Waals surface area contributed by atoms with Crippen LogP contribution >= 0.6 is 27.5 Å². The number of aryl methyl sites for hydroxylation is 1. The predicted octanol–water partition coefficient (Wildman–Crippen LogP) is 4.21. The average molecular weight is 361 g/mol. The second kappa shape index (κ2) is 5.53. The SMILES string of the molecule is Cc1cccc(NS(=O)(=O)c2ccc(Cl)c(Br)c2)c1. The summed E-state index contributed by atoms with van der Waals surface area (Å²) >= 11 is 9.06. The Hall–Kier alpha value is -1.04. The number of sulfonamides is 1. The molecule has 0 fully saturated rings. The fourth-order valence-electron chi connectivity index (χ4n) is 1.57. The maximum Gasteiger partial charge on any atom is 0.261 e. The van der Waals surface area contributed by atoms with Gasteiger partial charge in [-0.25, -0.2) is 8.42 Å². The molecule has 19 heavy (non-hydrogen) atoms. The molecule has 0 atom stereocenters. The topological polar surface area (TPSA) is 46.2 Å². The Morgan fingerprint density at radius 2 is 1.89 bits per heavy atom. The first-order valence-corrected chi connectivity index (χ1v) is 8.08. The summed E-state index contributed by atoms with van der Waals surface area (Å²) < 4.78 is 27.5. The largest absolute Gasteiger partial charge is 0.280 e. The third kappa shape index (κ3) is 3.49. The van der Waals surface area contributed by atoms with Gasteiger partial charge in [-0.1, -0.05) is 23.7 Å². The van der Waals surface area contributed by atoms with Gasteiger partial charge in [0.1, 0.15) is 0 Å². The van der Waals surface area contributed by atoms with E-state index in [0.717, 1.165) is 5.56 Å². The van der Waals surface area contributed by atoms with Crippen LogP contribution < -0.4 is 4.72 Å². The first-order chi connectivity index (χ1) is 8.88. The average Bonchev–Trinajstić information content (AvgIpc) is 2.32. The van der Waals surface area contributed by atoms with Crippen molar-refractivity contribution < 1.29 is 8.42 Å². The molecule has 2 aromatic rings. The lowest BCUT2D eigenvalue weighted by molar-refractivity contribution is 0.601. The van der Waals surface area contributed by atoms with Crippen molar-refractivity contribution in [1.82, 2.24) is 0 Å². The third-order valence-electron chi connectivity index (χ3n) is 2.47. The highest BCUT2D eigenvalue weighted by Crippen LogP contribution is 2.26. The zero-order valence-corrected chi connectivity index (χ0v) is 13.2. The molecule has 1 N–H and O–H groups in total. The molecule has 0 aliphatic carbocycles. The fraction of sp³-hybridized carbons (Fsp3) is 0.0769. The summed E-state index contributed by atoms with van der Waals surface area (Å²) in [5.41, 5.74) is 1.52. The van der Waals surface area contributed by atoms with Gasteiger partial charge in [-0.2, -0.15) is 0 Å². The third-order valence-corrected chi connectivity index (χ3v) is 5.06. The Morgan fingerprint density at radius 3 is 2.53 bits per heavy atom. The lowest BCUT2D eigenvalue weighted by Crippen LogP contribution is -2.12. The number of hydrogen-bond donors (Lipinski definition) is 1. The van der Waals surface area contributed by atoms with Crippen LogP contribution in [0.4, 0.5) is 5.69 Å². The number of benzene rings is 2. The predicted molar refractivity (Wildman–Crippen MR) is 81.1 cm³/mol. The quantitative estimate of drug-likeness (QED) is 0.891. The molecular weight excluding hydrogens is 350 g/mol. The van der Waals surface area contributed by atoms with E-state index in [0.29, 0.717) is 15.2 Å². The molecule has 0 radical (unpaired) electrons. The summed E-state index contributed by atoms with van der Waals surface area (Å²) in [4.78, 5) is 0.158. The van der Waals surface area contributed by atoms with Crippen LogP contribution in [0.25, 0.3) is 0 Å². The van der Waals surface area contributed by atoms with Crippen LogP contribution in [0, 0.1) is 6.92 Å². The number of rotatable bonds is 3. The summed E-state index contributed by atoms with van der Waals surface area (Å²) in [5, 5.41) is 0.467. The minimum absolute atomic E-state index is 0.158. The van der Waals surface area contributed by atoms with E-state index in [1.807, 2.05) is 13.0 Å². The highest BCUT2D eigenvalue weighted by Gasteiger charge is 2.15. The van der Waals surface area contributed by atoms with E-state index in [9.17, 15) is 8.42 Å². The van der Waals surface area contributed by atoms with Gasteiger partial charge in [0.2, 0.25) is 0 Å². The summed E-state index contributed by atoms with van der Waals surface area (Å²) in [5.74, 6) is 0. The molecule has 0 saturated carbocycles. The number of hydrogen-bond acceptors (Lipinski definition) is 2. The molecule has 100 valence electrons. The molecule has 2 rings (SSSR count). The summed E-state index contributed by atoms with van der Waals surface area (Å²) in [7, 11) is -3.61. The van der Waals surface area contributed by atoms with E-state index in [1.165, 1.54) is 18.2 Å². The Labute approximate surface area is 125 Å². The highest BCUT2D eigenvalue weighted by molar-refractivity contribution is 9.10. The first kappa shape index (κ1) is 14.4. The van der Waals surface area contributed by atoms with E-state index in [4.69, 9.17) is 11.6 Å². The number of anilines is 1. The van der Waals surface area contributed by atoms with Gasteiger partial charge in [0.25, 0.3) is 10.0 Å². The van der Waals surface area contributed by atoms with E-state index < -0.39 is 10.0 Å². The van der Waals surface area contributed by atoms with Crippen molar-refractivity contribution in [2.45, 2.75) is 11.8 Å². The van der Waals surface area contributed by atoms with Crippen LogP contribution in [0.3, 0.4) is 0 Å². The van der Waals surface area contributed by atoms with Gasteiger partial charge in [0.15, 0.2) is 0 Å². The molecule has 0 saturated heterocycles. The lowest BCUT2D eigenvalue weighted by Gasteiger charge is -2.09.